The number of halogens is 4. The van der Waals surface area contributed by atoms with Crippen molar-refractivity contribution in [2.24, 2.45) is 0 Å². The van der Waals surface area contributed by atoms with E-state index in [2.05, 4.69) is 20.4 Å². The molecule has 38 heavy (non-hydrogen) atoms. The molecule has 2 aliphatic heterocycles. The van der Waals surface area contributed by atoms with Gasteiger partial charge < -0.3 is 15.2 Å². The number of rotatable bonds is 6. The van der Waals surface area contributed by atoms with Gasteiger partial charge >= 0.3 is 0 Å². The van der Waals surface area contributed by atoms with Crippen molar-refractivity contribution in [3.8, 4) is 17.0 Å². The Balaban J connectivity index is 1.53. The van der Waals surface area contributed by atoms with Crippen LogP contribution in [0.25, 0.3) is 27.7 Å². The molecular weight excluding hydrogens is 508 g/mol. The number of nitrogens with two attached hydrogens (primary N) is 1. The van der Waals surface area contributed by atoms with Crippen molar-refractivity contribution in [3.63, 3.8) is 0 Å². The fourth-order valence-corrected chi connectivity index (χ4v) is 5.39. The second kappa shape index (κ2) is 9.05. The molecule has 0 saturated carbocycles. The maximum atomic E-state index is 15.8. The smallest absolute Gasteiger partial charge is 0.267 e. The van der Waals surface area contributed by atoms with Gasteiger partial charge in [-0.05, 0) is 43.1 Å². The van der Waals surface area contributed by atoms with Crippen LogP contribution in [0.15, 0.2) is 24.4 Å². The number of nitrogens with zero attached hydrogens (tertiary/aromatic N) is 7. The van der Waals surface area contributed by atoms with Gasteiger partial charge in [0.25, 0.3) is 12.3 Å². The van der Waals surface area contributed by atoms with Crippen LogP contribution in [0.5, 0.6) is 5.88 Å². The number of benzene rings is 1. The predicted octanol–water partition coefficient (Wildman–Crippen LogP) is 3.38. The second-order valence-corrected chi connectivity index (χ2v) is 9.81. The summed E-state index contributed by atoms with van der Waals surface area (Å²) in [4.78, 5) is 5.93. The highest BCUT2D eigenvalue weighted by molar-refractivity contribution is 5.92. The molecule has 5 heterocycles. The molecule has 0 unspecified atom stereocenters. The molecule has 0 bridgehead atoms. The number of methoxy groups -OCH3 is 1. The lowest BCUT2D eigenvalue weighted by atomic mass is 9.83. The highest BCUT2D eigenvalue weighted by atomic mass is 19.3. The lowest BCUT2D eigenvalue weighted by Gasteiger charge is -2.44. The standard InChI is InChI=1S/C24H26F4N8O2/c1-12(21(25)26)36-18-7-13(3-4-17(18)31-33-36)19-15(8-35-20(19)22(37-2)30-23(29)32-35)16-5-6-34(11-24(16,27)28)14-9-38-10-14/h3-4,7-8,12,14,16,21H,5-6,9-11H2,1-2H3,(H2,29,32)/t12-,16+/m0/s1. The van der Waals surface area contributed by atoms with Crippen LogP contribution in [0.4, 0.5) is 23.5 Å². The van der Waals surface area contributed by atoms with Gasteiger partial charge in [-0.25, -0.2) is 26.8 Å². The zero-order chi connectivity index (χ0) is 26.8. The Bertz CT molecular complexity index is 1500. The second-order valence-electron chi connectivity index (χ2n) is 9.81. The summed E-state index contributed by atoms with van der Waals surface area (Å²) >= 11 is 0. The highest BCUT2D eigenvalue weighted by Crippen LogP contribution is 2.47. The third-order valence-electron chi connectivity index (χ3n) is 7.49. The van der Waals surface area contributed by atoms with Crippen molar-refractivity contribution in [3.05, 3.63) is 30.0 Å². The summed E-state index contributed by atoms with van der Waals surface area (Å²) < 4.78 is 71.8. The van der Waals surface area contributed by atoms with E-state index in [-0.39, 0.29) is 24.3 Å². The summed E-state index contributed by atoms with van der Waals surface area (Å²) in [5.41, 5.74) is 8.23. The van der Waals surface area contributed by atoms with Crippen molar-refractivity contribution >= 4 is 22.5 Å². The van der Waals surface area contributed by atoms with E-state index in [1.165, 1.54) is 24.7 Å². The Labute approximate surface area is 214 Å². The number of likely N-dealkylation sites (tertiary alicyclic amines) is 1. The molecule has 202 valence electrons. The number of fused-ring (bicyclic) bond motifs is 2. The van der Waals surface area contributed by atoms with Crippen molar-refractivity contribution in [2.45, 2.75) is 43.7 Å². The first-order valence-corrected chi connectivity index (χ1v) is 12.2. The van der Waals surface area contributed by atoms with Gasteiger partial charge in [-0.3, -0.25) is 4.90 Å². The van der Waals surface area contributed by atoms with Gasteiger partial charge in [0, 0.05) is 11.8 Å². The summed E-state index contributed by atoms with van der Waals surface area (Å²) in [6.07, 6.45) is -0.938. The largest absolute Gasteiger partial charge is 0.479 e. The molecule has 0 radical (unpaired) electrons. The van der Waals surface area contributed by atoms with Gasteiger partial charge in [0.15, 0.2) is 0 Å². The molecule has 2 fully saturated rings. The zero-order valence-corrected chi connectivity index (χ0v) is 20.7. The number of piperidine rings is 1. The number of hydrogen-bond donors (Lipinski definition) is 1. The molecule has 6 rings (SSSR count). The van der Waals surface area contributed by atoms with Crippen LogP contribution >= 0.6 is 0 Å². The number of ether oxygens (including phenoxy) is 2. The van der Waals surface area contributed by atoms with Crippen molar-refractivity contribution in [2.75, 3.05) is 39.1 Å². The SMILES string of the molecule is COc1nc(N)nn2cc([C@H]3CCN(C4COC4)CC3(F)F)c(-c3ccc4nnn([C@@H](C)C(F)F)c4c3)c12. The Hall–Kier alpha value is -3.52. The van der Waals surface area contributed by atoms with E-state index in [4.69, 9.17) is 15.2 Å². The number of hydrogen-bond acceptors (Lipinski definition) is 8. The van der Waals surface area contributed by atoms with Crippen molar-refractivity contribution in [1.82, 2.24) is 34.5 Å². The van der Waals surface area contributed by atoms with Crippen LogP contribution in [-0.4, -0.2) is 86.3 Å². The third kappa shape index (κ3) is 3.93. The number of aromatic nitrogens is 6. The maximum absolute atomic E-state index is 15.8. The molecule has 0 spiro atoms. The number of anilines is 1. The van der Waals surface area contributed by atoms with Crippen LogP contribution < -0.4 is 10.5 Å². The van der Waals surface area contributed by atoms with Gasteiger partial charge in [0.05, 0.1) is 44.3 Å². The van der Waals surface area contributed by atoms with Gasteiger partial charge in [-0.15, -0.1) is 10.2 Å². The predicted molar refractivity (Wildman–Crippen MR) is 130 cm³/mol. The molecule has 1 aromatic carbocycles. The minimum atomic E-state index is -3.06. The van der Waals surface area contributed by atoms with Crippen LogP contribution in [0.3, 0.4) is 0 Å². The molecule has 4 aromatic rings. The van der Waals surface area contributed by atoms with Crippen molar-refractivity contribution in [1.29, 1.82) is 0 Å². The number of nitrogen functional groups attached to an aromatic ring is 1. The first-order valence-electron chi connectivity index (χ1n) is 12.2. The summed E-state index contributed by atoms with van der Waals surface area (Å²) in [5, 5.41) is 12.1. The number of alkyl halides is 4. The first kappa shape index (κ1) is 24.8. The fourth-order valence-electron chi connectivity index (χ4n) is 5.39. The normalized spacial score (nSPS) is 21.3. The third-order valence-corrected chi connectivity index (χ3v) is 7.49. The van der Waals surface area contributed by atoms with Crippen LogP contribution in [0.1, 0.15) is 30.9 Å². The molecule has 2 atom stereocenters. The molecule has 2 saturated heterocycles. The Kier molecular flexibility index (Phi) is 5.90. The lowest BCUT2D eigenvalue weighted by molar-refractivity contribution is -0.136. The monoisotopic (exact) mass is 534 g/mol. The molecule has 3 aromatic heterocycles. The van der Waals surface area contributed by atoms with E-state index >= 15 is 8.78 Å². The quantitative estimate of drug-likeness (QED) is 0.375. The molecule has 2 N–H and O–H groups in total. The van der Waals surface area contributed by atoms with E-state index in [0.717, 1.165) is 4.68 Å². The first-order chi connectivity index (χ1) is 18.2. The lowest BCUT2D eigenvalue weighted by Crippen LogP contribution is -2.57. The summed E-state index contributed by atoms with van der Waals surface area (Å²) in [6, 6.07) is 3.71. The van der Waals surface area contributed by atoms with Crippen LogP contribution in [-0.2, 0) is 4.74 Å². The minimum absolute atomic E-state index is 0.00724. The Morgan fingerprint density at radius 3 is 2.68 bits per heavy atom. The van der Waals surface area contributed by atoms with E-state index in [0.29, 0.717) is 53.0 Å². The Morgan fingerprint density at radius 2 is 2.03 bits per heavy atom. The van der Waals surface area contributed by atoms with Crippen LogP contribution in [0, 0.1) is 0 Å². The molecule has 0 aliphatic carbocycles. The zero-order valence-electron chi connectivity index (χ0n) is 20.7. The summed E-state index contributed by atoms with van der Waals surface area (Å²) in [5.74, 6) is -4.17. The fraction of sp³-hybridized carbons (Fsp3) is 0.500. The average Bonchev–Trinajstić information content (AvgIpc) is 3.42. The van der Waals surface area contributed by atoms with Gasteiger partial charge in [0.2, 0.25) is 11.8 Å². The van der Waals surface area contributed by atoms with Crippen LogP contribution in [0.2, 0.25) is 0 Å². The van der Waals surface area contributed by atoms with Crippen molar-refractivity contribution < 1.29 is 27.0 Å². The maximum Gasteiger partial charge on any atom is 0.267 e. The van der Waals surface area contributed by atoms with E-state index in [9.17, 15) is 8.78 Å². The highest BCUT2D eigenvalue weighted by Gasteiger charge is 2.49. The molecule has 2 aliphatic rings. The molecule has 0 amide bonds. The molecule has 14 heteroatoms. The summed E-state index contributed by atoms with van der Waals surface area (Å²) in [6.45, 7) is 2.32. The topological polar surface area (TPSA) is 109 Å². The van der Waals surface area contributed by atoms with E-state index < -0.39 is 30.9 Å². The van der Waals surface area contributed by atoms with Gasteiger partial charge in [-0.2, -0.15) is 4.98 Å². The van der Waals surface area contributed by atoms with Gasteiger partial charge in [0.1, 0.15) is 17.1 Å². The average molecular weight is 535 g/mol. The van der Waals surface area contributed by atoms with Gasteiger partial charge in [-0.1, -0.05) is 11.3 Å². The van der Waals surface area contributed by atoms with E-state index in [1.54, 1.807) is 23.1 Å². The summed E-state index contributed by atoms with van der Waals surface area (Å²) in [7, 11) is 1.40. The minimum Gasteiger partial charge on any atom is -0.479 e. The molecule has 10 nitrogen and oxygen atoms in total. The Morgan fingerprint density at radius 1 is 1.24 bits per heavy atom. The molecular formula is C24H26F4N8O2. The van der Waals surface area contributed by atoms with E-state index in [1.807, 2.05) is 0 Å².